The summed E-state index contributed by atoms with van der Waals surface area (Å²) in [6.45, 7) is 6.71. The van der Waals surface area contributed by atoms with Crippen LogP contribution >= 0.6 is 0 Å². The molecule has 1 aliphatic heterocycles. The third-order valence-corrected chi connectivity index (χ3v) is 3.34. The van der Waals surface area contributed by atoms with Crippen molar-refractivity contribution in [2.24, 2.45) is 11.8 Å². The standard InChI is InChI=1S/C13H21NO2/c1-5-6-7-8-14-13(15)12-9(2)10(3)16-11(12)4/h1,9-12H,6-8H2,2-4H3,(H,14,15). The second-order valence-electron chi connectivity index (χ2n) is 4.53. The van der Waals surface area contributed by atoms with Crippen molar-refractivity contribution in [1.29, 1.82) is 0 Å². The number of hydrogen-bond acceptors (Lipinski definition) is 2. The van der Waals surface area contributed by atoms with Crippen molar-refractivity contribution in [2.75, 3.05) is 6.54 Å². The SMILES string of the molecule is C#CCCCNC(=O)C1C(C)OC(C)C1C. The second-order valence-corrected chi connectivity index (χ2v) is 4.53. The van der Waals surface area contributed by atoms with Crippen LogP contribution in [0.3, 0.4) is 0 Å². The highest BCUT2D eigenvalue weighted by Gasteiger charge is 2.41. The molecule has 1 saturated heterocycles. The molecule has 0 aromatic rings. The summed E-state index contributed by atoms with van der Waals surface area (Å²) in [5.74, 6) is 2.91. The molecule has 1 aliphatic rings. The average molecular weight is 223 g/mol. The topological polar surface area (TPSA) is 38.3 Å². The predicted molar refractivity (Wildman–Crippen MR) is 63.7 cm³/mol. The Hall–Kier alpha value is -1.01. The Balaban J connectivity index is 2.39. The molecule has 0 radical (unpaired) electrons. The van der Waals surface area contributed by atoms with Crippen LogP contribution in [0.4, 0.5) is 0 Å². The van der Waals surface area contributed by atoms with E-state index >= 15 is 0 Å². The summed E-state index contributed by atoms with van der Waals surface area (Å²) in [5, 5.41) is 2.93. The van der Waals surface area contributed by atoms with E-state index in [2.05, 4.69) is 18.2 Å². The summed E-state index contributed by atoms with van der Waals surface area (Å²) in [5.41, 5.74) is 0. The lowest BCUT2D eigenvalue weighted by atomic mass is 9.89. The molecule has 3 nitrogen and oxygen atoms in total. The molecule has 0 aromatic heterocycles. The monoisotopic (exact) mass is 223 g/mol. The number of carbonyl (C=O) groups is 1. The van der Waals surface area contributed by atoms with Gasteiger partial charge in [-0.1, -0.05) is 6.92 Å². The van der Waals surface area contributed by atoms with Gasteiger partial charge in [-0.05, 0) is 26.2 Å². The first kappa shape index (κ1) is 13.1. The summed E-state index contributed by atoms with van der Waals surface area (Å²) in [7, 11) is 0. The normalized spacial score (nSPS) is 33.4. The van der Waals surface area contributed by atoms with Crippen LogP contribution in [0.15, 0.2) is 0 Å². The van der Waals surface area contributed by atoms with Crippen LogP contribution < -0.4 is 5.32 Å². The second kappa shape index (κ2) is 5.91. The molecule has 4 atom stereocenters. The molecule has 0 saturated carbocycles. The quantitative estimate of drug-likeness (QED) is 0.580. The van der Waals surface area contributed by atoms with E-state index in [-0.39, 0.29) is 30.0 Å². The number of rotatable bonds is 4. The smallest absolute Gasteiger partial charge is 0.226 e. The number of nitrogens with one attached hydrogen (secondary N) is 1. The maximum Gasteiger partial charge on any atom is 0.226 e. The van der Waals surface area contributed by atoms with Crippen LogP contribution in [0.1, 0.15) is 33.6 Å². The predicted octanol–water partition coefficient (Wildman–Crippen LogP) is 1.58. The van der Waals surface area contributed by atoms with E-state index in [1.54, 1.807) is 0 Å². The van der Waals surface area contributed by atoms with Gasteiger partial charge in [-0.15, -0.1) is 12.3 Å². The Morgan fingerprint density at radius 3 is 2.56 bits per heavy atom. The molecule has 16 heavy (non-hydrogen) atoms. The lowest BCUT2D eigenvalue weighted by Crippen LogP contribution is -2.37. The lowest BCUT2D eigenvalue weighted by Gasteiger charge is -2.17. The molecular weight excluding hydrogens is 202 g/mol. The molecular formula is C13H21NO2. The molecule has 4 unspecified atom stereocenters. The Kier molecular flexibility index (Phi) is 4.82. The Labute approximate surface area is 97.9 Å². The van der Waals surface area contributed by atoms with E-state index in [9.17, 15) is 4.79 Å². The van der Waals surface area contributed by atoms with Crippen LogP contribution in [0.2, 0.25) is 0 Å². The third kappa shape index (κ3) is 2.99. The minimum atomic E-state index is -0.0270. The van der Waals surface area contributed by atoms with Gasteiger partial charge < -0.3 is 10.1 Å². The van der Waals surface area contributed by atoms with Crippen LogP contribution in [0.25, 0.3) is 0 Å². The van der Waals surface area contributed by atoms with Crippen molar-refractivity contribution in [3.8, 4) is 12.3 Å². The first-order valence-electron chi connectivity index (χ1n) is 5.94. The van der Waals surface area contributed by atoms with Gasteiger partial charge in [0.05, 0.1) is 18.1 Å². The van der Waals surface area contributed by atoms with E-state index in [4.69, 9.17) is 11.2 Å². The van der Waals surface area contributed by atoms with Crippen molar-refractivity contribution in [3.05, 3.63) is 0 Å². The minimum Gasteiger partial charge on any atom is -0.374 e. The highest BCUT2D eigenvalue weighted by Crippen LogP contribution is 2.32. The highest BCUT2D eigenvalue weighted by molar-refractivity contribution is 5.79. The third-order valence-electron chi connectivity index (χ3n) is 3.34. The van der Waals surface area contributed by atoms with E-state index in [1.165, 1.54) is 0 Å². The van der Waals surface area contributed by atoms with Gasteiger partial charge in [-0.25, -0.2) is 0 Å². The summed E-state index contributed by atoms with van der Waals surface area (Å²) in [6, 6.07) is 0. The molecule has 3 heteroatoms. The van der Waals surface area contributed by atoms with Crippen molar-refractivity contribution in [3.63, 3.8) is 0 Å². The molecule has 1 amide bonds. The number of hydrogen-bond donors (Lipinski definition) is 1. The fourth-order valence-electron chi connectivity index (χ4n) is 2.24. The maximum atomic E-state index is 11.9. The molecule has 0 bridgehead atoms. The molecule has 90 valence electrons. The summed E-state index contributed by atoms with van der Waals surface area (Å²) in [6.07, 6.45) is 6.87. The van der Waals surface area contributed by atoms with Crippen molar-refractivity contribution < 1.29 is 9.53 Å². The number of amides is 1. The van der Waals surface area contributed by atoms with Gasteiger partial charge in [-0.2, -0.15) is 0 Å². The Morgan fingerprint density at radius 2 is 2.06 bits per heavy atom. The molecule has 0 spiro atoms. The minimum absolute atomic E-state index is 0.0117. The number of carbonyl (C=O) groups excluding carboxylic acids is 1. The lowest BCUT2D eigenvalue weighted by molar-refractivity contribution is -0.127. The van der Waals surface area contributed by atoms with Crippen LogP contribution in [0.5, 0.6) is 0 Å². The van der Waals surface area contributed by atoms with E-state index < -0.39 is 0 Å². The van der Waals surface area contributed by atoms with Crippen LogP contribution in [-0.2, 0) is 9.53 Å². The Morgan fingerprint density at radius 1 is 1.38 bits per heavy atom. The first-order valence-corrected chi connectivity index (χ1v) is 5.94. The zero-order chi connectivity index (χ0) is 12.1. The van der Waals surface area contributed by atoms with Gasteiger partial charge in [0.25, 0.3) is 0 Å². The number of ether oxygens (including phenoxy) is 1. The van der Waals surface area contributed by atoms with Crippen molar-refractivity contribution in [2.45, 2.75) is 45.8 Å². The Bertz CT molecular complexity index is 282. The first-order chi connectivity index (χ1) is 7.57. The molecule has 1 fully saturated rings. The summed E-state index contributed by atoms with van der Waals surface area (Å²) in [4.78, 5) is 11.9. The summed E-state index contributed by atoms with van der Waals surface area (Å²) >= 11 is 0. The zero-order valence-electron chi connectivity index (χ0n) is 10.3. The maximum absolute atomic E-state index is 11.9. The van der Waals surface area contributed by atoms with Gasteiger partial charge in [0.1, 0.15) is 0 Å². The average Bonchev–Trinajstić information content (AvgIpc) is 2.48. The molecule has 0 aromatic carbocycles. The van der Waals surface area contributed by atoms with Gasteiger partial charge in [-0.3, -0.25) is 4.79 Å². The van der Waals surface area contributed by atoms with E-state index in [0.29, 0.717) is 13.0 Å². The highest BCUT2D eigenvalue weighted by atomic mass is 16.5. The molecule has 1 N–H and O–H groups in total. The van der Waals surface area contributed by atoms with Crippen LogP contribution in [-0.4, -0.2) is 24.7 Å². The molecule has 1 heterocycles. The molecule has 1 rings (SSSR count). The van der Waals surface area contributed by atoms with E-state index in [0.717, 1.165) is 6.42 Å². The fraction of sp³-hybridized carbons (Fsp3) is 0.769. The van der Waals surface area contributed by atoms with Gasteiger partial charge in [0.15, 0.2) is 0 Å². The zero-order valence-corrected chi connectivity index (χ0v) is 10.3. The summed E-state index contributed by atoms with van der Waals surface area (Å²) < 4.78 is 5.64. The van der Waals surface area contributed by atoms with Crippen LogP contribution in [0, 0.1) is 24.2 Å². The van der Waals surface area contributed by atoms with Gasteiger partial charge in [0, 0.05) is 13.0 Å². The van der Waals surface area contributed by atoms with Crippen molar-refractivity contribution in [1.82, 2.24) is 5.32 Å². The molecule has 0 aliphatic carbocycles. The largest absolute Gasteiger partial charge is 0.374 e. The number of terminal acetylenes is 1. The van der Waals surface area contributed by atoms with Crippen molar-refractivity contribution >= 4 is 5.91 Å². The van der Waals surface area contributed by atoms with E-state index in [1.807, 2.05) is 13.8 Å². The number of unbranched alkanes of at least 4 members (excludes halogenated alkanes) is 1. The van der Waals surface area contributed by atoms with Gasteiger partial charge in [0.2, 0.25) is 5.91 Å². The fourth-order valence-corrected chi connectivity index (χ4v) is 2.24. The van der Waals surface area contributed by atoms with Gasteiger partial charge >= 0.3 is 0 Å².